The summed E-state index contributed by atoms with van der Waals surface area (Å²) in [5.74, 6) is 0.115. The zero-order valence-electron chi connectivity index (χ0n) is 15.5. The molecule has 136 valence electrons. The Balaban J connectivity index is 1.87. The molecule has 0 saturated heterocycles. The van der Waals surface area contributed by atoms with Crippen LogP contribution in [0.4, 0.5) is 5.69 Å². The quantitative estimate of drug-likeness (QED) is 0.665. The fourth-order valence-corrected chi connectivity index (χ4v) is 3.31. The molecule has 0 heterocycles. The van der Waals surface area contributed by atoms with E-state index in [1.807, 2.05) is 42.2 Å². The minimum atomic E-state index is 0.0481. The first-order valence-corrected chi connectivity index (χ1v) is 9.40. The summed E-state index contributed by atoms with van der Waals surface area (Å²) >= 11 is 0. The van der Waals surface area contributed by atoms with Crippen LogP contribution in [0.25, 0.3) is 0 Å². The monoisotopic (exact) mass is 342 g/mol. The van der Waals surface area contributed by atoms with Crippen LogP contribution in [0.3, 0.4) is 0 Å². The molecule has 0 unspecified atom stereocenters. The van der Waals surface area contributed by atoms with Crippen LogP contribution in [0.15, 0.2) is 42.0 Å². The molecule has 2 amide bonds. The maximum absolute atomic E-state index is 12.6. The Kier molecular flexibility index (Phi) is 7.71. The Labute approximate surface area is 151 Å². The number of para-hydroxylation sites is 1. The first-order chi connectivity index (χ1) is 12.1. The van der Waals surface area contributed by atoms with E-state index >= 15 is 0 Å². The van der Waals surface area contributed by atoms with E-state index in [1.54, 1.807) is 11.8 Å². The van der Waals surface area contributed by atoms with Crippen molar-refractivity contribution < 1.29 is 9.59 Å². The van der Waals surface area contributed by atoms with Gasteiger partial charge in [-0.2, -0.15) is 0 Å². The van der Waals surface area contributed by atoms with Crippen molar-refractivity contribution >= 4 is 17.5 Å². The highest BCUT2D eigenvalue weighted by Gasteiger charge is 2.17. The van der Waals surface area contributed by atoms with Crippen molar-refractivity contribution in [2.45, 2.75) is 52.4 Å². The summed E-state index contributed by atoms with van der Waals surface area (Å²) in [6.07, 6.45) is 8.47. The van der Waals surface area contributed by atoms with E-state index in [9.17, 15) is 9.59 Å². The number of anilines is 1. The average molecular weight is 342 g/mol. The molecule has 0 spiro atoms. The summed E-state index contributed by atoms with van der Waals surface area (Å²) in [6.45, 7) is 5.41. The fraction of sp³-hybridized carbons (Fsp3) is 0.524. The molecule has 1 aliphatic rings. The summed E-state index contributed by atoms with van der Waals surface area (Å²) in [4.78, 5) is 28.1. The van der Waals surface area contributed by atoms with Crippen LogP contribution < -0.4 is 4.90 Å². The van der Waals surface area contributed by atoms with Crippen LogP contribution in [0.2, 0.25) is 0 Å². The van der Waals surface area contributed by atoms with Crippen LogP contribution >= 0.6 is 0 Å². The number of allylic oxidation sites excluding steroid dienone is 1. The zero-order valence-corrected chi connectivity index (χ0v) is 15.5. The van der Waals surface area contributed by atoms with Gasteiger partial charge in [0.2, 0.25) is 11.8 Å². The largest absolute Gasteiger partial charge is 0.342 e. The van der Waals surface area contributed by atoms with Crippen molar-refractivity contribution in [2.24, 2.45) is 0 Å². The molecule has 1 aromatic rings. The van der Waals surface area contributed by atoms with Gasteiger partial charge in [-0.15, -0.1) is 0 Å². The predicted octanol–water partition coefficient (Wildman–Crippen LogP) is 4.17. The number of rotatable bonds is 8. The molecule has 0 saturated carbocycles. The lowest BCUT2D eigenvalue weighted by Crippen LogP contribution is -2.37. The van der Waals surface area contributed by atoms with E-state index in [4.69, 9.17) is 0 Å². The molecule has 25 heavy (non-hydrogen) atoms. The van der Waals surface area contributed by atoms with Crippen molar-refractivity contribution in [3.05, 3.63) is 42.0 Å². The van der Waals surface area contributed by atoms with Crippen molar-refractivity contribution in [1.82, 2.24) is 4.90 Å². The Morgan fingerprint density at radius 3 is 2.44 bits per heavy atom. The Morgan fingerprint density at radius 1 is 1.08 bits per heavy atom. The number of carbonyl (C=O) groups excluding carboxylic acids is 2. The standard InChI is InChI=1S/C21H30N2O2/c1-3-23(20-12-8-5-9-13-20)21(25)15-17-22(18(2)24)16-14-19-10-6-4-7-11-19/h5,8-10,12-13H,3-4,6-7,11,14-17H2,1-2H3. The highest BCUT2D eigenvalue weighted by Crippen LogP contribution is 2.20. The molecule has 4 heteroatoms. The van der Waals surface area contributed by atoms with Gasteiger partial charge in [0.25, 0.3) is 0 Å². The molecule has 0 radical (unpaired) electrons. The average Bonchev–Trinajstić information content (AvgIpc) is 2.63. The molecule has 2 rings (SSSR count). The minimum Gasteiger partial charge on any atom is -0.342 e. The third-order valence-electron chi connectivity index (χ3n) is 4.81. The van der Waals surface area contributed by atoms with Gasteiger partial charge in [-0.25, -0.2) is 0 Å². The summed E-state index contributed by atoms with van der Waals surface area (Å²) in [7, 11) is 0. The summed E-state index contributed by atoms with van der Waals surface area (Å²) in [6, 6.07) is 9.70. The topological polar surface area (TPSA) is 40.6 Å². The second-order valence-corrected chi connectivity index (χ2v) is 6.59. The lowest BCUT2D eigenvalue weighted by atomic mass is 9.97. The minimum absolute atomic E-state index is 0.0481. The van der Waals surface area contributed by atoms with Crippen molar-refractivity contribution in [1.29, 1.82) is 0 Å². The lowest BCUT2D eigenvalue weighted by molar-refractivity contribution is -0.129. The SMILES string of the molecule is CCN(C(=O)CCN(CCC1=CCCCC1)C(C)=O)c1ccccc1. The van der Waals surface area contributed by atoms with Gasteiger partial charge in [0, 0.05) is 38.7 Å². The van der Waals surface area contributed by atoms with Gasteiger partial charge >= 0.3 is 0 Å². The Bertz CT molecular complexity index is 595. The van der Waals surface area contributed by atoms with E-state index in [0.29, 0.717) is 26.1 Å². The van der Waals surface area contributed by atoms with Gasteiger partial charge in [-0.1, -0.05) is 29.8 Å². The molecule has 0 N–H and O–H groups in total. The van der Waals surface area contributed by atoms with Crippen molar-refractivity contribution in [3.63, 3.8) is 0 Å². The zero-order chi connectivity index (χ0) is 18.1. The number of nitrogens with zero attached hydrogens (tertiary/aromatic N) is 2. The molecule has 0 atom stereocenters. The molecule has 0 aliphatic heterocycles. The second kappa shape index (κ2) is 10.0. The lowest BCUT2D eigenvalue weighted by Gasteiger charge is -2.25. The normalized spacial score (nSPS) is 13.9. The molecule has 1 aliphatic carbocycles. The van der Waals surface area contributed by atoms with Crippen molar-refractivity contribution in [2.75, 3.05) is 24.5 Å². The first kappa shape index (κ1) is 19.2. The second-order valence-electron chi connectivity index (χ2n) is 6.59. The fourth-order valence-electron chi connectivity index (χ4n) is 3.31. The number of amides is 2. The smallest absolute Gasteiger partial charge is 0.228 e. The molecule has 0 fully saturated rings. The van der Waals surface area contributed by atoms with Crippen LogP contribution in [-0.4, -0.2) is 36.3 Å². The number of carbonyl (C=O) groups is 2. The molecule has 1 aromatic carbocycles. The third kappa shape index (κ3) is 6.04. The molecular formula is C21H30N2O2. The van der Waals surface area contributed by atoms with Crippen LogP contribution in [0.5, 0.6) is 0 Å². The Morgan fingerprint density at radius 2 is 1.84 bits per heavy atom. The maximum Gasteiger partial charge on any atom is 0.228 e. The van der Waals surface area contributed by atoms with Gasteiger partial charge < -0.3 is 9.80 Å². The number of hydrogen-bond acceptors (Lipinski definition) is 2. The summed E-state index contributed by atoms with van der Waals surface area (Å²) in [5.41, 5.74) is 2.38. The molecule has 4 nitrogen and oxygen atoms in total. The van der Waals surface area contributed by atoms with Crippen LogP contribution in [0.1, 0.15) is 52.4 Å². The van der Waals surface area contributed by atoms with Crippen LogP contribution in [0, 0.1) is 0 Å². The summed E-state index contributed by atoms with van der Waals surface area (Å²) in [5, 5.41) is 0. The molecule has 0 bridgehead atoms. The third-order valence-corrected chi connectivity index (χ3v) is 4.81. The van der Waals surface area contributed by atoms with Gasteiger partial charge in [-0.05, 0) is 51.2 Å². The van der Waals surface area contributed by atoms with Crippen LogP contribution in [-0.2, 0) is 9.59 Å². The van der Waals surface area contributed by atoms with E-state index in [-0.39, 0.29) is 11.8 Å². The predicted molar refractivity (Wildman–Crippen MR) is 103 cm³/mol. The van der Waals surface area contributed by atoms with E-state index in [0.717, 1.165) is 24.9 Å². The van der Waals surface area contributed by atoms with Gasteiger partial charge in [0.1, 0.15) is 0 Å². The van der Waals surface area contributed by atoms with Gasteiger partial charge in [-0.3, -0.25) is 9.59 Å². The number of hydrogen-bond donors (Lipinski definition) is 0. The van der Waals surface area contributed by atoms with Gasteiger partial charge in [0.15, 0.2) is 0 Å². The first-order valence-electron chi connectivity index (χ1n) is 9.40. The summed E-state index contributed by atoms with van der Waals surface area (Å²) < 4.78 is 0. The van der Waals surface area contributed by atoms with E-state index in [1.165, 1.54) is 18.4 Å². The van der Waals surface area contributed by atoms with Crippen molar-refractivity contribution in [3.8, 4) is 0 Å². The van der Waals surface area contributed by atoms with Gasteiger partial charge in [0.05, 0.1) is 0 Å². The number of benzene rings is 1. The highest BCUT2D eigenvalue weighted by atomic mass is 16.2. The molecule has 0 aromatic heterocycles. The molecular weight excluding hydrogens is 312 g/mol. The highest BCUT2D eigenvalue weighted by molar-refractivity contribution is 5.93. The maximum atomic E-state index is 12.6. The Hall–Kier alpha value is -2.10. The van der Waals surface area contributed by atoms with E-state index < -0.39 is 0 Å². The van der Waals surface area contributed by atoms with E-state index in [2.05, 4.69) is 6.08 Å².